The van der Waals surface area contributed by atoms with E-state index >= 15 is 0 Å². The molecule has 1 aromatic heterocycles. The van der Waals surface area contributed by atoms with Crippen molar-refractivity contribution < 1.29 is 13.9 Å². The number of pyridine rings is 1. The molecule has 2 N–H and O–H groups in total. The Labute approximate surface area is 156 Å². The Bertz CT molecular complexity index is 1030. The van der Waals surface area contributed by atoms with Gasteiger partial charge in [0.05, 0.1) is 19.0 Å². The molecule has 0 saturated carbocycles. The second-order valence-corrected chi connectivity index (χ2v) is 6.40. The van der Waals surface area contributed by atoms with Gasteiger partial charge in [0.15, 0.2) is 0 Å². The van der Waals surface area contributed by atoms with Crippen molar-refractivity contribution in [2.75, 3.05) is 13.7 Å². The van der Waals surface area contributed by atoms with Crippen molar-refractivity contribution in [1.82, 2.24) is 10.3 Å². The monoisotopic (exact) mass is 368 g/mol. The molecular weight excluding hydrogens is 347 g/mol. The summed E-state index contributed by atoms with van der Waals surface area (Å²) in [6, 6.07) is 11.4. The lowest BCUT2D eigenvalue weighted by Crippen LogP contribution is -2.28. The summed E-state index contributed by atoms with van der Waals surface area (Å²) in [4.78, 5) is 27.2. The Hall–Kier alpha value is -3.15. The number of benzene rings is 2. The molecule has 27 heavy (non-hydrogen) atoms. The van der Waals surface area contributed by atoms with E-state index in [2.05, 4.69) is 10.3 Å². The van der Waals surface area contributed by atoms with Crippen molar-refractivity contribution in [2.24, 2.45) is 0 Å². The van der Waals surface area contributed by atoms with Gasteiger partial charge in [0.25, 0.3) is 5.56 Å². The lowest BCUT2D eigenvalue weighted by atomic mass is 10.1. The van der Waals surface area contributed by atoms with Crippen LogP contribution in [0.15, 0.2) is 47.3 Å². The van der Waals surface area contributed by atoms with Crippen LogP contribution in [-0.4, -0.2) is 24.5 Å². The number of methoxy groups -OCH3 is 1. The third-order valence-electron chi connectivity index (χ3n) is 4.49. The molecule has 140 valence electrons. The standard InChI is InChI=1S/C21H21FN2O3/c1-13-3-8-18(27-2)20-17(13)12-15(21(26)24-20)9-10-23-19(25)11-14-4-6-16(22)7-5-14/h3-8,12H,9-11H2,1-2H3,(H,23,25)(H,24,26). The van der Waals surface area contributed by atoms with E-state index in [1.807, 2.05) is 25.1 Å². The lowest BCUT2D eigenvalue weighted by Gasteiger charge is -2.10. The molecule has 0 spiro atoms. The number of amides is 1. The van der Waals surface area contributed by atoms with Gasteiger partial charge in [-0.25, -0.2) is 4.39 Å². The van der Waals surface area contributed by atoms with Crippen LogP contribution in [0.4, 0.5) is 4.39 Å². The van der Waals surface area contributed by atoms with E-state index in [-0.39, 0.29) is 23.7 Å². The third-order valence-corrected chi connectivity index (χ3v) is 4.49. The second-order valence-electron chi connectivity index (χ2n) is 6.40. The minimum Gasteiger partial charge on any atom is -0.495 e. The van der Waals surface area contributed by atoms with Crippen molar-refractivity contribution in [3.05, 3.63) is 75.3 Å². The number of nitrogens with one attached hydrogen (secondary N) is 2. The predicted octanol–water partition coefficient (Wildman–Crippen LogP) is 2.89. The number of aromatic nitrogens is 1. The van der Waals surface area contributed by atoms with Crippen LogP contribution < -0.4 is 15.6 Å². The first kappa shape index (κ1) is 18.6. The topological polar surface area (TPSA) is 71.2 Å². The van der Waals surface area contributed by atoms with Crippen molar-refractivity contribution in [3.63, 3.8) is 0 Å². The molecule has 0 radical (unpaired) electrons. The molecule has 0 aliphatic carbocycles. The van der Waals surface area contributed by atoms with E-state index in [0.29, 0.717) is 29.8 Å². The summed E-state index contributed by atoms with van der Waals surface area (Å²) >= 11 is 0. The highest BCUT2D eigenvalue weighted by Gasteiger charge is 2.10. The average molecular weight is 368 g/mol. The molecule has 6 heteroatoms. The van der Waals surface area contributed by atoms with Crippen LogP contribution >= 0.6 is 0 Å². The van der Waals surface area contributed by atoms with Gasteiger partial charge in [0.1, 0.15) is 11.6 Å². The zero-order chi connectivity index (χ0) is 19.4. The zero-order valence-electron chi connectivity index (χ0n) is 15.3. The van der Waals surface area contributed by atoms with Crippen molar-refractivity contribution in [3.8, 4) is 5.75 Å². The molecule has 0 fully saturated rings. The quantitative estimate of drug-likeness (QED) is 0.703. The van der Waals surface area contributed by atoms with Crippen LogP contribution in [0.5, 0.6) is 5.75 Å². The minimum absolute atomic E-state index is 0.170. The number of hydrogen-bond acceptors (Lipinski definition) is 3. The molecule has 0 unspecified atom stereocenters. The van der Waals surface area contributed by atoms with Crippen LogP contribution in [-0.2, 0) is 17.6 Å². The van der Waals surface area contributed by atoms with Crippen molar-refractivity contribution in [1.29, 1.82) is 0 Å². The molecule has 0 aliphatic heterocycles. The second kappa shape index (κ2) is 8.03. The maximum Gasteiger partial charge on any atom is 0.251 e. The number of ether oxygens (including phenoxy) is 1. The lowest BCUT2D eigenvalue weighted by molar-refractivity contribution is -0.120. The van der Waals surface area contributed by atoms with Crippen LogP contribution in [0.25, 0.3) is 10.9 Å². The molecule has 3 aromatic rings. The molecule has 2 aromatic carbocycles. The molecule has 3 rings (SSSR count). The van der Waals surface area contributed by atoms with E-state index in [1.54, 1.807) is 19.2 Å². The highest BCUT2D eigenvalue weighted by molar-refractivity contribution is 5.87. The number of rotatable bonds is 6. The summed E-state index contributed by atoms with van der Waals surface area (Å²) < 4.78 is 18.2. The van der Waals surface area contributed by atoms with Gasteiger partial charge in [-0.2, -0.15) is 0 Å². The molecule has 1 heterocycles. The summed E-state index contributed by atoms with van der Waals surface area (Å²) in [6.07, 6.45) is 0.585. The molecular formula is C21H21FN2O3. The Morgan fingerprint density at radius 2 is 1.93 bits per heavy atom. The average Bonchev–Trinajstić information content (AvgIpc) is 2.65. The Kier molecular flexibility index (Phi) is 5.54. The summed E-state index contributed by atoms with van der Waals surface area (Å²) in [5.74, 6) is 0.116. The van der Waals surface area contributed by atoms with Crippen molar-refractivity contribution >= 4 is 16.8 Å². The number of hydrogen-bond donors (Lipinski definition) is 2. The van der Waals surface area contributed by atoms with Crippen LogP contribution in [0.2, 0.25) is 0 Å². The fourth-order valence-corrected chi connectivity index (χ4v) is 2.99. The molecule has 0 atom stereocenters. The fourth-order valence-electron chi connectivity index (χ4n) is 2.99. The van der Waals surface area contributed by atoms with E-state index < -0.39 is 0 Å². The van der Waals surface area contributed by atoms with E-state index in [9.17, 15) is 14.0 Å². The third kappa shape index (κ3) is 4.34. The number of fused-ring (bicyclic) bond motifs is 1. The fraction of sp³-hybridized carbons (Fsp3) is 0.238. The van der Waals surface area contributed by atoms with Gasteiger partial charge in [-0.3, -0.25) is 9.59 Å². The minimum atomic E-state index is -0.332. The largest absolute Gasteiger partial charge is 0.495 e. The smallest absolute Gasteiger partial charge is 0.251 e. The van der Waals surface area contributed by atoms with Gasteiger partial charge in [0.2, 0.25) is 5.91 Å². The van der Waals surface area contributed by atoms with Gasteiger partial charge in [-0.1, -0.05) is 18.2 Å². The molecule has 0 saturated heterocycles. The number of carbonyl (C=O) groups excluding carboxylic acids is 1. The molecule has 5 nitrogen and oxygen atoms in total. The highest BCUT2D eigenvalue weighted by atomic mass is 19.1. The number of aryl methyl sites for hydroxylation is 1. The van der Waals surface area contributed by atoms with E-state index in [4.69, 9.17) is 4.74 Å². The summed E-state index contributed by atoms with van der Waals surface area (Å²) in [6.45, 7) is 2.31. The molecule has 0 aliphatic rings. The summed E-state index contributed by atoms with van der Waals surface area (Å²) in [7, 11) is 1.56. The highest BCUT2D eigenvalue weighted by Crippen LogP contribution is 2.25. The van der Waals surface area contributed by atoms with Crippen LogP contribution in [0.3, 0.4) is 0 Å². The van der Waals surface area contributed by atoms with Gasteiger partial charge in [-0.15, -0.1) is 0 Å². The number of halogens is 1. The van der Waals surface area contributed by atoms with Gasteiger partial charge < -0.3 is 15.0 Å². The van der Waals surface area contributed by atoms with E-state index in [1.165, 1.54) is 12.1 Å². The number of aromatic amines is 1. The van der Waals surface area contributed by atoms with Gasteiger partial charge >= 0.3 is 0 Å². The maximum absolute atomic E-state index is 12.9. The van der Waals surface area contributed by atoms with Crippen molar-refractivity contribution in [2.45, 2.75) is 19.8 Å². The molecule has 1 amide bonds. The zero-order valence-corrected chi connectivity index (χ0v) is 15.3. The van der Waals surface area contributed by atoms with Crippen LogP contribution in [0.1, 0.15) is 16.7 Å². The predicted molar refractivity (Wildman–Crippen MR) is 103 cm³/mol. The first-order chi connectivity index (χ1) is 13.0. The number of H-pyrrole nitrogens is 1. The first-order valence-corrected chi connectivity index (χ1v) is 8.68. The Balaban J connectivity index is 1.67. The van der Waals surface area contributed by atoms with Gasteiger partial charge in [-0.05, 0) is 48.7 Å². The number of carbonyl (C=O) groups is 1. The van der Waals surface area contributed by atoms with Crippen LogP contribution in [0, 0.1) is 12.7 Å². The maximum atomic E-state index is 12.9. The normalized spacial score (nSPS) is 10.8. The first-order valence-electron chi connectivity index (χ1n) is 8.68. The summed E-state index contributed by atoms with van der Waals surface area (Å²) in [5.41, 5.74) is 2.84. The van der Waals surface area contributed by atoms with E-state index in [0.717, 1.165) is 16.5 Å². The van der Waals surface area contributed by atoms with Gasteiger partial charge in [0, 0.05) is 17.5 Å². The molecule has 0 bridgehead atoms. The SMILES string of the molecule is COc1ccc(C)c2cc(CCNC(=O)Cc3ccc(F)cc3)c(=O)[nH]c12. The Morgan fingerprint density at radius 1 is 1.19 bits per heavy atom. The summed E-state index contributed by atoms with van der Waals surface area (Å²) in [5, 5.41) is 3.71. The Morgan fingerprint density at radius 3 is 2.63 bits per heavy atom.